The Morgan fingerprint density at radius 2 is 2.04 bits per heavy atom. The number of benzene rings is 2. The fourth-order valence-corrected chi connectivity index (χ4v) is 8.97. The monoisotopic (exact) mass is 677 g/mol. The Morgan fingerprint density at radius 3 is 2.85 bits per heavy atom. The quantitative estimate of drug-likeness (QED) is 0.133. The third kappa shape index (κ3) is 7.14. The number of hydrogen-bond acceptors (Lipinski definition) is 9. The van der Waals surface area contributed by atoms with Gasteiger partial charge in [0.1, 0.15) is 5.75 Å². The van der Waals surface area contributed by atoms with Gasteiger partial charge in [-0.15, -0.1) is 0 Å². The van der Waals surface area contributed by atoms with Gasteiger partial charge in [-0.25, -0.2) is 14.8 Å². The number of esters is 1. The number of ether oxygens (including phenoxy) is 4. The van der Waals surface area contributed by atoms with Crippen LogP contribution in [-0.4, -0.2) is 73.4 Å². The highest BCUT2D eigenvalue weighted by molar-refractivity contribution is 7.99. The number of nitrogens with zero attached hydrogens (tertiary/aromatic N) is 3. The van der Waals surface area contributed by atoms with E-state index >= 15 is 0 Å². The molecule has 2 aliphatic carbocycles. The zero-order valence-electron chi connectivity index (χ0n) is 27.2. The molecule has 3 heterocycles. The number of carbonyl (C=O) groups excluding carboxylic acids is 1. The maximum absolute atomic E-state index is 12.6. The third-order valence-electron chi connectivity index (χ3n) is 10.5. The Morgan fingerprint density at radius 1 is 1.17 bits per heavy atom. The number of thioether (sulfide) groups is 1. The van der Waals surface area contributed by atoms with Crippen LogP contribution >= 0.6 is 23.4 Å². The third-order valence-corrected chi connectivity index (χ3v) is 11.7. The second kappa shape index (κ2) is 14.3. The van der Waals surface area contributed by atoms with Gasteiger partial charge in [-0.05, 0) is 97.9 Å². The fourth-order valence-electron chi connectivity index (χ4n) is 8.03. The highest BCUT2D eigenvalue weighted by atomic mass is 35.5. The number of carbonyl (C=O) groups is 1. The number of methoxy groups -OCH3 is 1. The lowest BCUT2D eigenvalue weighted by molar-refractivity contribution is -0.116. The Bertz CT molecular complexity index is 1560. The summed E-state index contributed by atoms with van der Waals surface area (Å²) in [5.74, 6) is 1.43. The highest BCUT2D eigenvalue weighted by Crippen LogP contribution is 2.47. The minimum absolute atomic E-state index is 0.165. The van der Waals surface area contributed by atoms with E-state index in [1.165, 1.54) is 18.2 Å². The zero-order chi connectivity index (χ0) is 32.4. The molecule has 10 heteroatoms. The second-order valence-electron chi connectivity index (χ2n) is 13.6. The van der Waals surface area contributed by atoms with Gasteiger partial charge in [-0.2, -0.15) is 0 Å². The number of rotatable bonds is 9. The van der Waals surface area contributed by atoms with Crippen LogP contribution in [0, 0.1) is 11.8 Å². The molecule has 2 aliphatic heterocycles. The summed E-state index contributed by atoms with van der Waals surface area (Å²) in [5.41, 5.74) is 4.00. The van der Waals surface area contributed by atoms with Gasteiger partial charge in [0.2, 0.25) is 0 Å². The average Bonchev–Trinajstić information content (AvgIpc) is 3.22. The Kier molecular flexibility index (Phi) is 9.96. The summed E-state index contributed by atoms with van der Waals surface area (Å²) >= 11 is 8.10. The maximum atomic E-state index is 12.6. The summed E-state index contributed by atoms with van der Waals surface area (Å²) in [6, 6.07) is 13.9. The Labute approximate surface area is 286 Å². The first-order chi connectivity index (χ1) is 22.9. The molecule has 0 radical (unpaired) electrons. The van der Waals surface area contributed by atoms with Crippen LogP contribution in [0.1, 0.15) is 66.9 Å². The maximum Gasteiger partial charge on any atom is 0.337 e. The van der Waals surface area contributed by atoms with E-state index in [0.717, 1.165) is 86.3 Å². The standard InChI is InChI=1S/C37H44ClN3O5S/c1-24(47-36-39-14-4-15-40-36)21-45-29-12-16-44-34(19-29)30-9-6-27(30)20-41-22-37(13-3-5-25-17-28(38)8-10-31(25)37)23-46-33-11-7-26(18-32(33)41)35(42)43-2/h4,7-8,10-11,14-15,17-18,24,27,29-30,34H,3,5-6,9,12-13,16,19-23H2,1-2H3/t24-,27+,29+,30-,34+,37+/m1/s1. The van der Waals surface area contributed by atoms with Crippen molar-refractivity contribution in [3.8, 4) is 5.75 Å². The molecule has 0 N–H and O–H groups in total. The first kappa shape index (κ1) is 32.7. The van der Waals surface area contributed by atoms with E-state index in [9.17, 15) is 4.79 Å². The summed E-state index contributed by atoms with van der Waals surface area (Å²) < 4.78 is 24.6. The van der Waals surface area contributed by atoms with Crippen LogP contribution in [0.15, 0.2) is 60.0 Å². The lowest BCUT2D eigenvalue weighted by Crippen LogP contribution is -2.50. The number of anilines is 1. The number of aryl methyl sites for hydroxylation is 1. The predicted molar refractivity (Wildman–Crippen MR) is 184 cm³/mol. The molecule has 1 spiro atoms. The van der Waals surface area contributed by atoms with Crippen LogP contribution in [0.3, 0.4) is 0 Å². The predicted octanol–water partition coefficient (Wildman–Crippen LogP) is 7.16. The molecule has 7 rings (SSSR count). The van der Waals surface area contributed by atoms with Crippen LogP contribution in [0.2, 0.25) is 5.02 Å². The molecule has 8 nitrogen and oxygen atoms in total. The highest BCUT2D eigenvalue weighted by Gasteiger charge is 2.45. The minimum atomic E-state index is -0.337. The summed E-state index contributed by atoms with van der Waals surface area (Å²) in [7, 11) is 1.43. The SMILES string of the molecule is COC(=O)c1ccc2c(c1)N(C[C@@H]1CC[C@H]1[C@@H]1C[C@@H](OC[C@@H](C)Sc3ncccn3)CCO1)C[C@@]1(CCCc3cc(Cl)ccc31)CO2. The van der Waals surface area contributed by atoms with Gasteiger partial charge in [-0.3, -0.25) is 0 Å². The second-order valence-corrected chi connectivity index (χ2v) is 15.5. The number of halogens is 1. The molecule has 1 saturated carbocycles. The summed E-state index contributed by atoms with van der Waals surface area (Å²) in [6.07, 6.45) is 11.3. The smallest absolute Gasteiger partial charge is 0.337 e. The van der Waals surface area contributed by atoms with Crippen molar-refractivity contribution in [2.75, 3.05) is 44.9 Å². The molecular formula is C37H44ClN3O5S. The molecule has 6 atom stereocenters. The number of fused-ring (bicyclic) bond motifs is 3. The van der Waals surface area contributed by atoms with E-state index in [1.54, 1.807) is 24.2 Å². The normalized spacial score (nSPS) is 27.5. The number of hydrogen-bond donors (Lipinski definition) is 0. The molecule has 0 bridgehead atoms. The molecule has 250 valence electrons. The summed E-state index contributed by atoms with van der Waals surface area (Å²) in [4.78, 5) is 23.8. The van der Waals surface area contributed by atoms with E-state index in [1.807, 2.05) is 30.3 Å². The molecular weight excluding hydrogens is 634 g/mol. The molecule has 0 amide bonds. The van der Waals surface area contributed by atoms with Crippen molar-refractivity contribution in [3.05, 3.63) is 76.6 Å². The van der Waals surface area contributed by atoms with Gasteiger partial charge in [-0.1, -0.05) is 36.4 Å². The van der Waals surface area contributed by atoms with Gasteiger partial charge >= 0.3 is 5.97 Å². The molecule has 4 aliphatic rings. The van der Waals surface area contributed by atoms with E-state index in [0.29, 0.717) is 30.6 Å². The van der Waals surface area contributed by atoms with E-state index in [4.69, 9.17) is 30.5 Å². The van der Waals surface area contributed by atoms with Crippen molar-refractivity contribution >= 4 is 35.0 Å². The molecule has 1 saturated heterocycles. The molecule has 0 unspecified atom stereocenters. The molecule has 1 aromatic heterocycles. The van der Waals surface area contributed by atoms with Gasteiger partial charge in [0, 0.05) is 54.2 Å². The lowest BCUT2D eigenvalue weighted by atomic mass is 9.67. The van der Waals surface area contributed by atoms with Crippen molar-refractivity contribution in [2.24, 2.45) is 11.8 Å². The fraction of sp³-hybridized carbons (Fsp3) is 0.541. The van der Waals surface area contributed by atoms with Crippen LogP contribution in [0.4, 0.5) is 5.69 Å². The summed E-state index contributed by atoms with van der Waals surface area (Å²) in [6.45, 7) is 5.85. The van der Waals surface area contributed by atoms with Crippen molar-refractivity contribution < 1.29 is 23.7 Å². The van der Waals surface area contributed by atoms with Crippen molar-refractivity contribution in [3.63, 3.8) is 0 Å². The van der Waals surface area contributed by atoms with Crippen LogP contribution in [-0.2, 0) is 26.0 Å². The first-order valence-corrected chi connectivity index (χ1v) is 18.2. The van der Waals surface area contributed by atoms with Gasteiger partial charge in [0.25, 0.3) is 0 Å². The molecule has 2 fully saturated rings. The molecule has 2 aromatic carbocycles. The van der Waals surface area contributed by atoms with Crippen molar-refractivity contribution in [1.82, 2.24) is 9.97 Å². The lowest BCUT2D eigenvalue weighted by Gasteiger charge is -2.48. The van der Waals surface area contributed by atoms with Crippen LogP contribution < -0.4 is 9.64 Å². The minimum Gasteiger partial charge on any atom is -0.490 e. The largest absolute Gasteiger partial charge is 0.490 e. The van der Waals surface area contributed by atoms with Gasteiger partial charge in [0.05, 0.1) is 43.8 Å². The van der Waals surface area contributed by atoms with E-state index < -0.39 is 0 Å². The average molecular weight is 678 g/mol. The first-order valence-electron chi connectivity index (χ1n) is 17.0. The van der Waals surface area contributed by atoms with E-state index in [2.05, 4.69) is 33.9 Å². The van der Waals surface area contributed by atoms with Gasteiger partial charge in [0.15, 0.2) is 5.16 Å². The Hall–Kier alpha value is -2.85. The topological polar surface area (TPSA) is 83.0 Å². The zero-order valence-corrected chi connectivity index (χ0v) is 28.8. The Balaban J connectivity index is 1.07. The van der Waals surface area contributed by atoms with Crippen molar-refractivity contribution in [1.29, 1.82) is 0 Å². The van der Waals surface area contributed by atoms with Gasteiger partial charge < -0.3 is 23.8 Å². The number of aromatic nitrogens is 2. The van der Waals surface area contributed by atoms with Crippen LogP contribution in [0.5, 0.6) is 5.75 Å². The van der Waals surface area contributed by atoms with E-state index in [-0.39, 0.29) is 28.8 Å². The van der Waals surface area contributed by atoms with Crippen molar-refractivity contribution in [2.45, 2.75) is 79.9 Å². The summed E-state index contributed by atoms with van der Waals surface area (Å²) in [5, 5.41) is 1.83. The molecule has 47 heavy (non-hydrogen) atoms. The van der Waals surface area contributed by atoms with Crippen LogP contribution in [0.25, 0.3) is 0 Å². The molecule has 3 aromatic rings.